The van der Waals surface area contributed by atoms with Crippen molar-refractivity contribution in [1.29, 1.82) is 5.26 Å². The molecule has 4 aromatic rings. The van der Waals surface area contributed by atoms with E-state index in [1.807, 2.05) is 72.8 Å². The summed E-state index contributed by atoms with van der Waals surface area (Å²) in [4.78, 5) is 4.69. The molecule has 0 saturated heterocycles. The van der Waals surface area contributed by atoms with Gasteiger partial charge in [-0.15, -0.1) is 23.1 Å². The van der Waals surface area contributed by atoms with Crippen molar-refractivity contribution in [2.45, 2.75) is 12.7 Å². The van der Waals surface area contributed by atoms with Gasteiger partial charge < -0.3 is 5.32 Å². The van der Waals surface area contributed by atoms with Crippen LogP contribution in [0.25, 0.3) is 15.8 Å². The van der Waals surface area contributed by atoms with Gasteiger partial charge in [-0.2, -0.15) is 5.26 Å². The first-order valence-electron chi connectivity index (χ1n) is 9.34. The zero-order chi connectivity index (χ0) is 20.9. The van der Waals surface area contributed by atoms with Crippen molar-refractivity contribution >= 4 is 56.2 Å². The van der Waals surface area contributed by atoms with Gasteiger partial charge in [0.05, 0.1) is 15.2 Å². The molecule has 3 nitrogen and oxygen atoms in total. The Morgan fingerprint density at radius 3 is 2.53 bits per heavy atom. The van der Waals surface area contributed by atoms with Crippen LogP contribution in [-0.2, 0) is 5.75 Å². The normalized spacial score (nSPS) is 11.8. The summed E-state index contributed by atoms with van der Waals surface area (Å²) in [6.07, 6.45) is 0. The fourth-order valence-electron chi connectivity index (χ4n) is 2.88. The van der Waals surface area contributed by atoms with Crippen LogP contribution in [0.2, 0.25) is 5.02 Å². The number of nitrogens with one attached hydrogen (secondary N) is 1. The van der Waals surface area contributed by atoms with Crippen LogP contribution in [0.3, 0.4) is 0 Å². The first-order valence-corrected chi connectivity index (χ1v) is 11.5. The highest BCUT2D eigenvalue weighted by molar-refractivity contribution is 8.02. The number of para-hydroxylation sites is 1. The first-order chi connectivity index (χ1) is 14.6. The van der Waals surface area contributed by atoms with Crippen LogP contribution < -0.4 is 5.32 Å². The van der Waals surface area contributed by atoms with Gasteiger partial charge >= 0.3 is 0 Å². The van der Waals surface area contributed by atoms with Gasteiger partial charge in [-0.3, -0.25) is 0 Å². The summed E-state index contributed by atoms with van der Waals surface area (Å²) in [6, 6.07) is 26.2. The van der Waals surface area contributed by atoms with E-state index < -0.39 is 0 Å². The molecule has 30 heavy (non-hydrogen) atoms. The number of hydrogen-bond donors (Lipinski definition) is 1. The fourth-order valence-corrected chi connectivity index (χ4v) is 5.22. The molecular formula is C24H18ClN3S2. The molecule has 0 aliphatic heterocycles. The number of halogens is 1. The number of thioether (sulfide) groups is 1. The highest BCUT2D eigenvalue weighted by Crippen LogP contribution is 2.35. The van der Waals surface area contributed by atoms with Crippen LogP contribution >= 0.6 is 34.7 Å². The number of nitriles is 1. The van der Waals surface area contributed by atoms with E-state index >= 15 is 0 Å². The molecular weight excluding hydrogens is 430 g/mol. The molecule has 148 valence electrons. The second-order valence-electron chi connectivity index (χ2n) is 6.67. The Morgan fingerprint density at radius 1 is 1.07 bits per heavy atom. The topological polar surface area (TPSA) is 48.7 Å². The summed E-state index contributed by atoms with van der Waals surface area (Å²) in [7, 11) is 0. The van der Waals surface area contributed by atoms with E-state index in [0.717, 1.165) is 31.5 Å². The lowest BCUT2D eigenvalue weighted by Gasteiger charge is -2.13. The molecule has 0 unspecified atom stereocenters. The van der Waals surface area contributed by atoms with E-state index in [1.54, 1.807) is 11.8 Å². The second kappa shape index (κ2) is 9.36. The van der Waals surface area contributed by atoms with Gasteiger partial charge in [0.2, 0.25) is 0 Å². The number of hydrogen-bond acceptors (Lipinski definition) is 5. The Balaban J connectivity index is 1.73. The van der Waals surface area contributed by atoms with Crippen molar-refractivity contribution in [1.82, 2.24) is 4.98 Å². The highest BCUT2D eigenvalue weighted by atomic mass is 35.5. The molecule has 0 aliphatic rings. The molecule has 6 heteroatoms. The minimum Gasteiger partial charge on any atom is -0.349 e. The van der Waals surface area contributed by atoms with E-state index in [-0.39, 0.29) is 0 Å². The summed E-state index contributed by atoms with van der Waals surface area (Å²) in [5, 5.41) is 15.7. The maximum Gasteiger partial charge on any atom is 0.137 e. The minimum atomic E-state index is 0.536. The largest absolute Gasteiger partial charge is 0.349 e. The third kappa shape index (κ3) is 4.68. The Hall–Kier alpha value is -2.78. The number of fused-ring (bicyclic) bond motifs is 1. The molecule has 0 amide bonds. The lowest BCUT2D eigenvalue weighted by molar-refractivity contribution is 1.40. The molecule has 1 heterocycles. The standard InChI is InChI=1S/C24H18ClN3S2/c1-16-10-12-18(13-11-16)27-23(29-15-17-6-2-3-7-20(17)25)19(14-26)24-28-21-8-4-5-9-22(21)30-24/h2-13,27H,15H2,1H3/b23-19+. The molecule has 0 saturated carbocycles. The number of nitrogens with zero attached hydrogens (tertiary/aromatic N) is 2. The second-order valence-corrected chi connectivity index (χ2v) is 9.10. The van der Waals surface area contributed by atoms with Gasteiger partial charge in [0.25, 0.3) is 0 Å². The number of aryl methyl sites for hydroxylation is 1. The van der Waals surface area contributed by atoms with Gasteiger partial charge in [-0.25, -0.2) is 4.98 Å². The number of thiazole rings is 1. The molecule has 1 N–H and O–H groups in total. The van der Waals surface area contributed by atoms with Crippen LogP contribution in [0.4, 0.5) is 5.69 Å². The molecule has 3 aromatic carbocycles. The molecule has 1 aromatic heterocycles. The maximum atomic E-state index is 10.0. The van der Waals surface area contributed by atoms with Gasteiger partial charge in [-0.1, -0.05) is 59.6 Å². The Bertz CT molecular complexity index is 1220. The van der Waals surface area contributed by atoms with E-state index in [4.69, 9.17) is 16.6 Å². The van der Waals surface area contributed by atoms with Crippen molar-refractivity contribution in [2.24, 2.45) is 0 Å². The molecule has 0 atom stereocenters. The van der Waals surface area contributed by atoms with Crippen molar-refractivity contribution in [2.75, 3.05) is 5.32 Å². The van der Waals surface area contributed by atoms with E-state index in [1.165, 1.54) is 16.9 Å². The number of aromatic nitrogens is 1. The zero-order valence-electron chi connectivity index (χ0n) is 16.2. The highest BCUT2D eigenvalue weighted by Gasteiger charge is 2.16. The minimum absolute atomic E-state index is 0.536. The summed E-state index contributed by atoms with van der Waals surface area (Å²) in [6.45, 7) is 2.05. The molecule has 0 aliphatic carbocycles. The number of anilines is 1. The van der Waals surface area contributed by atoms with Crippen molar-refractivity contribution in [3.05, 3.63) is 99.0 Å². The van der Waals surface area contributed by atoms with Gasteiger partial charge in [0, 0.05) is 16.5 Å². The quantitative estimate of drug-likeness (QED) is 0.311. The van der Waals surface area contributed by atoms with Crippen LogP contribution in [0.1, 0.15) is 16.1 Å². The summed E-state index contributed by atoms with van der Waals surface area (Å²) in [5.41, 5.74) is 4.57. The monoisotopic (exact) mass is 447 g/mol. The molecule has 4 rings (SSSR count). The van der Waals surface area contributed by atoms with Crippen LogP contribution in [0.15, 0.2) is 77.8 Å². The van der Waals surface area contributed by atoms with Gasteiger partial charge in [-0.05, 0) is 42.8 Å². The lowest BCUT2D eigenvalue weighted by Crippen LogP contribution is -2.01. The summed E-state index contributed by atoms with van der Waals surface area (Å²) < 4.78 is 1.06. The summed E-state index contributed by atoms with van der Waals surface area (Å²) in [5.74, 6) is 0.643. The third-order valence-corrected chi connectivity index (χ3v) is 6.96. The van der Waals surface area contributed by atoms with Crippen LogP contribution in [-0.4, -0.2) is 4.98 Å². The predicted octanol–water partition coefficient (Wildman–Crippen LogP) is 7.50. The SMILES string of the molecule is Cc1ccc(N/C(SCc2ccccc2Cl)=C(/C#N)c2nc3ccccc3s2)cc1. The predicted molar refractivity (Wildman–Crippen MR) is 130 cm³/mol. The third-order valence-electron chi connectivity index (χ3n) is 4.49. The maximum absolute atomic E-state index is 10.0. The average molecular weight is 448 g/mol. The van der Waals surface area contributed by atoms with E-state index in [0.29, 0.717) is 16.3 Å². The zero-order valence-corrected chi connectivity index (χ0v) is 18.6. The lowest BCUT2D eigenvalue weighted by atomic mass is 10.2. The van der Waals surface area contributed by atoms with Crippen molar-refractivity contribution < 1.29 is 0 Å². The number of rotatable bonds is 6. The van der Waals surface area contributed by atoms with Crippen LogP contribution in [0.5, 0.6) is 0 Å². The first kappa shape index (κ1) is 20.5. The smallest absolute Gasteiger partial charge is 0.137 e. The van der Waals surface area contributed by atoms with E-state index in [2.05, 4.69) is 18.3 Å². The fraction of sp³-hybridized carbons (Fsp3) is 0.0833. The molecule has 0 spiro atoms. The van der Waals surface area contributed by atoms with E-state index in [9.17, 15) is 5.26 Å². The van der Waals surface area contributed by atoms with Crippen LogP contribution in [0, 0.1) is 18.3 Å². The van der Waals surface area contributed by atoms with Crippen molar-refractivity contribution in [3.63, 3.8) is 0 Å². The Kier molecular flexibility index (Phi) is 6.39. The summed E-state index contributed by atoms with van der Waals surface area (Å²) >= 11 is 9.42. The van der Waals surface area contributed by atoms with Crippen molar-refractivity contribution in [3.8, 4) is 6.07 Å². The molecule has 0 radical (unpaired) electrons. The Morgan fingerprint density at radius 2 is 1.80 bits per heavy atom. The van der Waals surface area contributed by atoms with Gasteiger partial charge in [0.15, 0.2) is 0 Å². The molecule has 0 bridgehead atoms. The van der Waals surface area contributed by atoms with Gasteiger partial charge in [0.1, 0.15) is 16.6 Å². The molecule has 0 fully saturated rings. The number of allylic oxidation sites excluding steroid dienone is 1. The number of benzene rings is 3. The average Bonchev–Trinajstić information content (AvgIpc) is 3.18. The Labute approximate surface area is 189 Å².